The number of rotatable bonds is 6. The molecule has 0 aromatic heterocycles. The summed E-state index contributed by atoms with van der Waals surface area (Å²) in [7, 11) is 0. The number of hydrogen-bond acceptors (Lipinski definition) is 6. The largest absolute Gasteiger partial charge is 0.444 e. The molecular formula is C24H36N2O6. The summed E-state index contributed by atoms with van der Waals surface area (Å²) >= 11 is 0. The molecule has 3 rings (SSSR count). The third-order valence-electron chi connectivity index (χ3n) is 6.71. The number of aliphatic hydroxyl groups is 1. The number of piperidine rings is 1. The first-order valence-corrected chi connectivity index (χ1v) is 11.6. The molecule has 8 nitrogen and oxygen atoms in total. The molecule has 1 N–H and O–H groups in total. The number of nitro groups is 1. The van der Waals surface area contributed by atoms with Crippen molar-refractivity contribution in [3.8, 4) is 0 Å². The molecule has 178 valence electrons. The van der Waals surface area contributed by atoms with Crippen molar-refractivity contribution in [1.82, 2.24) is 4.90 Å². The van der Waals surface area contributed by atoms with Crippen LogP contribution >= 0.6 is 0 Å². The first-order chi connectivity index (χ1) is 15.2. The second kappa shape index (κ2) is 10.2. The number of carbonyl (C=O) groups excluding carboxylic acids is 1. The van der Waals surface area contributed by atoms with Crippen molar-refractivity contribution >= 4 is 6.09 Å². The zero-order valence-corrected chi connectivity index (χ0v) is 19.4. The predicted octanol–water partition coefficient (Wildman–Crippen LogP) is 4.14. The van der Waals surface area contributed by atoms with Crippen LogP contribution in [0.2, 0.25) is 0 Å². The molecule has 0 unspecified atom stereocenters. The van der Waals surface area contributed by atoms with Crippen LogP contribution in [0.5, 0.6) is 0 Å². The fourth-order valence-corrected chi connectivity index (χ4v) is 4.92. The van der Waals surface area contributed by atoms with Crippen LogP contribution in [0.3, 0.4) is 0 Å². The lowest BCUT2D eigenvalue weighted by Crippen LogP contribution is -2.66. The Bertz CT molecular complexity index is 772. The molecular weight excluding hydrogens is 412 g/mol. The van der Waals surface area contributed by atoms with Crippen LogP contribution in [0.15, 0.2) is 30.3 Å². The molecule has 1 aromatic carbocycles. The maximum Gasteiger partial charge on any atom is 0.410 e. The second-order valence-corrected chi connectivity index (χ2v) is 10.0. The van der Waals surface area contributed by atoms with Crippen molar-refractivity contribution in [3.63, 3.8) is 0 Å². The zero-order chi connectivity index (χ0) is 23.4. The van der Waals surface area contributed by atoms with Gasteiger partial charge in [-0.1, -0.05) is 30.3 Å². The average molecular weight is 449 g/mol. The van der Waals surface area contributed by atoms with Crippen LogP contribution in [0.25, 0.3) is 0 Å². The Hall–Kier alpha value is -2.19. The monoisotopic (exact) mass is 448 g/mol. The Kier molecular flexibility index (Phi) is 7.77. The van der Waals surface area contributed by atoms with Gasteiger partial charge in [-0.25, -0.2) is 4.79 Å². The predicted molar refractivity (Wildman–Crippen MR) is 120 cm³/mol. The van der Waals surface area contributed by atoms with Crippen molar-refractivity contribution in [3.05, 3.63) is 46.0 Å². The van der Waals surface area contributed by atoms with Gasteiger partial charge in [-0.2, -0.15) is 0 Å². The van der Waals surface area contributed by atoms with Gasteiger partial charge < -0.3 is 14.6 Å². The Labute approximate surface area is 190 Å². The molecule has 2 atom stereocenters. The minimum atomic E-state index is -1.64. The van der Waals surface area contributed by atoms with Crippen LogP contribution in [0.1, 0.15) is 70.8 Å². The molecule has 1 aromatic rings. The van der Waals surface area contributed by atoms with Gasteiger partial charge in [-0.3, -0.25) is 15.0 Å². The fraction of sp³-hybridized carbons (Fsp3) is 0.708. The lowest BCUT2D eigenvalue weighted by molar-refractivity contribution is -0.587. The summed E-state index contributed by atoms with van der Waals surface area (Å²) in [4.78, 5) is 25.8. The lowest BCUT2D eigenvalue weighted by atomic mass is 9.81. The molecule has 1 aliphatic heterocycles. The van der Waals surface area contributed by atoms with Gasteiger partial charge in [0.15, 0.2) is 0 Å². The van der Waals surface area contributed by atoms with Gasteiger partial charge in [-0.05, 0) is 64.4 Å². The van der Waals surface area contributed by atoms with Crippen LogP contribution < -0.4 is 0 Å². The first-order valence-electron chi connectivity index (χ1n) is 11.6. The van der Waals surface area contributed by atoms with Crippen LogP contribution in [0.4, 0.5) is 4.79 Å². The Morgan fingerprint density at radius 3 is 2.44 bits per heavy atom. The number of carbonyl (C=O) groups is 1. The summed E-state index contributed by atoms with van der Waals surface area (Å²) in [6, 6.07) is 9.55. The van der Waals surface area contributed by atoms with E-state index in [1.165, 1.54) is 10.5 Å². The third kappa shape index (κ3) is 5.59. The summed E-state index contributed by atoms with van der Waals surface area (Å²) in [5.41, 5.74) is -1.02. The summed E-state index contributed by atoms with van der Waals surface area (Å²) in [5.74, 6) is 0.499. The fourth-order valence-electron chi connectivity index (χ4n) is 4.92. The minimum Gasteiger partial charge on any atom is -0.444 e. The number of likely N-dealkylation sites (tertiary alicyclic amines) is 1. The molecule has 0 spiro atoms. The number of hydrogen-bond donors (Lipinski definition) is 1. The molecule has 2 aliphatic rings. The molecule has 0 bridgehead atoms. The average Bonchev–Trinajstić information content (AvgIpc) is 2.77. The van der Waals surface area contributed by atoms with E-state index in [1.807, 2.05) is 6.07 Å². The van der Waals surface area contributed by atoms with E-state index in [0.717, 1.165) is 25.7 Å². The van der Waals surface area contributed by atoms with E-state index in [-0.39, 0.29) is 19.1 Å². The second-order valence-electron chi connectivity index (χ2n) is 10.0. The Morgan fingerprint density at radius 2 is 1.88 bits per heavy atom. The van der Waals surface area contributed by atoms with E-state index in [4.69, 9.17) is 9.47 Å². The van der Waals surface area contributed by atoms with E-state index >= 15 is 0 Å². The maximum atomic E-state index is 12.8. The number of nitrogens with zero attached hydrogens (tertiary/aromatic N) is 2. The van der Waals surface area contributed by atoms with E-state index in [9.17, 15) is 20.0 Å². The summed E-state index contributed by atoms with van der Waals surface area (Å²) in [6.07, 6.45) is 3.74. The molecule has 2 fully saturated rings. The molecule has 1 saturated heterocycles. The number of benzene rings is 1. The highest BCUT2D eigenvalue weighted by Gasteiger charge is 2.56. The summed E-state index contributed by atoms with van der Waals surface area (Å²) < 4.78 is 11.7. The van der Waals surface area contributed by atoms with Gasteiger partial charge in [0, 0.05) is 17.9 Å². The highest BCUT2D eigenvalue weighted by molar-refractivity contribution is 5.69. The molecule has 32 heavy (non-hydrogen) atoms. The van der Waals surface area contributed by atoms with E-state index in [1.54, 1.807) is 20.8 Å². The minimum absolute atomic E-state index is 0.0134. The summed E-state index contributed by atoms with van der Waals surface area (Å²) in [5, 5.41) is 22.1. The zero-order valence-electron chi connectivity index (χ0n) is 19.4. The topological polar surface area (TPSA) is 102 Å². The highest BCUT2D eigenvalue weighted by atomic mass is 16.6. The van der Waals surface area contributed by atoms with Gasteiger partial charge >= 0.3 is 6.09 Å². The SMILES string of the molecule is CC(C)(C)OC(=O)N1CCC[C@](CO)([N+](=O)[O-])[C@@H]1CO[C@H]1CC[C@@H](c2ccccc2)CC1. The van der Waals surface area contributed by atoms with E-state index in [0.29, 0.717) is 18.9 Å². The highest BCUT2D eigenvalue weighted by Crippen LogP contribution is 2.36. The molecule has 1 heterocycles. The van der Waals surface area contributed by atoms with E-state index < -0.39 is 34.8 Å². The maximum absolute atomic E-state index is 12.8. The third-order valence-corrected chi connectivity index (χ3v) is 6.71. The van der Waals surface area contributed by atoms with Gasteiger partial charge in [0.25, 0.3) is 5.54 Å². The van der Waals surface area contributed by atoms with Crippen molar-refractivity contribution in [1.29, 1.82) is 0 Å². The normalized spacial score (nSPS) is 28.9. The molecule has 1 aliphatic carbocycles. The van der Waals surface area contributed by atoms with E-state index in [2.05, 4.69) is 24.3 Å². The Morgan fingerprint density at radius 1 is 1.22 bits per heavy atom. The Balaban J connectivity index is 1.68. The number of aliphatic hydroxyl groups excluding tert-OH is 1. The molecule has 8 heteroatoms. The first kappa shape index (κ1) is 24.5. The van der Waals surface area contributed by atoms with Crippen LogP contribution in [-0.2, 0) is 9.47 Å². The standard InChI is InChI=1S/C24H36N2O6/c1-23(2,3)32-22(28)25-15-7-14-24(17-27,26(29)30)21(25)16-31-20-12-10-19(11-13-20)18-8-5-4-6-9-18/h4-6,8-9,19-21,27H,7,10-17H2,1-3H3/t19-,20+,21-,24+/m0/s1. The van der Waals surface area contributed by atoms with Crippen LogP contribution in [0, 0.1) is 10.1 Å². The number of ether oxygens (including phenoxy) is 2. The van der Waals surface area contributed by atoms with Crippen molar-refractivity contribution in [2.24, 2.45) is 0 Å². The smallest absolute Gasteiger partial charge is 0.410 e. The van der Waals surface area contributed by atoms with Gasteiger partial charge in [0.1, 0.15) is 18.2 Å². The van der Waals surface area contributed by atoms with Crippen molar-refractivity contribution in [2.45, 2.75) is 88.5 Å². The lowest BCUT2D eigenvalue weighted by Gasteiger charge is -2.43. The van der Waals surface area contributed by atoms with Gasteiger partial charge in [0.05, 0.1) is 12.7 Å². The van der Waals surface area contributed by atoms with Crippen molar-refractivity contribution in [2.75, 3.05) is 19.8 Å². The number of amides is 1. The molecule has 1 amide bonds. The quantitative estimate of drug-likeness (QED) is 0.518. The van der Waals surface area contributed by atoms with Gasteiger partial charge in [0.2, 0.25) is 0 Å². The van der Waals surface area contributed by atoms with Crippen molar-refractivity contribution < 1.29 is 24.3 Å². The molecule has 0 radical (unpaired) electrons. The summed E-state index contributed by atoms with van der Waals surface area (Å²) in [6.45, 7) is 5.00. The molecule has 1 saturated carbocycles. The van der Waals surface area contributed by atoms with Gasteiger partial charge in [-0.15, -0.1) is 0 Å². The van der Waals surface area contributed by atoms with Crippen LogP contribution in [-0.4, -0.2) is 64.1 Å².